The van der Waals surface area contributed by atoms with Crippen molar-refractivity contribution in [3.8, 4) is 0 Å². The summed E-state index contributed by atoms with van der Waals surface area (Å²) in [6.45, 7) is 0.260. The van der Waals surface area contributed by atoms with E-state index in [-0.39, 0.29) is 28.6 Å². The maximum atomic E-state index is 12.1. The van der Waals surface area contributed by atoms with Crippen molar-refractivity contribution in [1.82, 2.24) is 0 Å². The average Bonchev–Trinajstić information content (AvgIpc) is 2.95. The summed E-state index contributed by atoms with van der Waals surface area (Å²) >= 11 is 18.6. The largest absolute Gasteiger partial charge is 0.616 e. The third kappa shape index (κ3) is 36.1. The quantitative estimate of drug-likeness (QED) is 0.0448. The molecular weight excluding hydrogens is 777 g/mol. The normalized spacial score (nSPS) is 12.1. The van der Waals surface area contributed by atoms with Crippen LogP contribution in [-0.2, 0) is 25.6 Å². The van der Waals surface area contributed by atoms with Gasteiger partial charge in [0.15, 0.2) is 20.4 Å². The average molecular weight is 817 g/mol. The predicted octanol–water partition coefficient (Wildman–Crippen LogP) is 6.54. The van der Waals surface area contributed by atoms with E-state index in [1.54, 1.807) is 106 Å². The molecule has 6 nitrogen and oxygen atoms in total. The van der Waals surface area contributed by atoms with Crippen LogP contribution in [0.1, 0.15) is 12.8 Å². The molecule has 0 aliphatic heterocycles. The molecule has 0 saturated heterocycles. The molecule has 242 valence electrons. The third-order valence-corrected chi connectivity index (χ3v) is 20.4. The lowest BCUT2D eigenvalue weighted by atomic mass is 10.5. The Morgan fingerprint density at radius 3 is 1.44 bits per heavy atom. The second kappa shape index (κ2) is 36.3. The monoisotopic (exact) mass is 816 g/mol. The molecule has 0 fully saturated rings. The molecule has 0 amide bonds. The van der Waals surface area contributed by atoms with Crippen molar-refractivity contribution in [2.45, 2.75) is 12.8 Å². The van der Waals surface area contributed by atoms with Crippen LogP contribution in [0.3, 0.4) is 0 Å². The second-order valence-corrected chi connectivity index (χ2v) is 24.0. The number of rotatable bonds is 31. The molecule has 0 aliphatic rings. The molecule has 0 aromatic rings. The Hall–Kier alpha value is 3.44. The lowest BCUT2D eigenvalue weighted by Crippen LogP contribution is -2.11. The van der Waals surface area contributed by atoms with E-state index in [1.807, 2.05) is 0 Å². The van der Waals surface area contributed by atoms with Gasteiger partial charge in [-0.1, -0.05) is 47.0 Å². The number of carbonyl (C=O) groups excluding carboxylic acids is 3. The van der Waals surface area contributed by atoms with Gasteiger partial charge in [0.2, 0.25) is 0 Å². The smallest absolute Gasteiger partial charge is 0.199 e. The van der Waals surface area contributed by atoms with Gasteiger partial charge >= 0.3 is 0 Å². The van der Waals surface area contributed by atoms with Crippen molar-refractivity contribution in [3.63, 3.8) is 0 Å². The zero-order valence-electron chi connectivity index (χ0n) is 22.8. The number of aliphatic hydroxyl groups excluding tert-OH is 2. The van der Waals surface area contributed by atoms with Crippen LogP contribution in [0, 0.1) is 0 Å². The molecule has 41 heavy (non-hydrogen) atoms. The summed E-state index contributed by atoms with van der Waals surface area (Å²) in [4.78, 5) is 35.2. The van der Waals surface area contributed by atoms with E-state index in [0.717, 1.165) is 41.3 Å². The van der Waals surface area contributed by atoms with E-state index in [0.29, 0.717) is 52.4 Å². The van der Waals surface area contributed by atoms with Crippen LogP contribution in [0.25, 0.3) is 0 Å². The van der Waals surface area contributed by atoms with Crippen LogP contribution in [0.4, 0.5) is 0 Å². The van der Waals surface area contributed by atoms with Gasteiger partial charge in [-0.25, -0.2) is 0 Å². The van der Waals surface area contributed by atoms with Gasteiger partial charge in [-0.3, -0.25) is 14.4 Å². The van der Waals surface area contributed by atoms with Gasteiger partial charge in [0.25, 0.3) is 0 Å². The summed E-state index contributed by atoms with van der Waals surface area (Å²) in [5.41, 5.74) is 0. The zero-order chi connectivity index (χ0) is 30.2. The minimum Gasteiger partial charge on any atom is -0.616 e. The van der Waals surface area contributed by atoms with Crippen molar-refractivity contribution in [2.75, 3.05) is 94.2 Å². The highest BCUT2D eigenvalue weighted by atomic mass is 32.3. The summed E-state index contributed by atoms with van der Waals surface area (Å²) in [6.07, 6.45) is 1.32. The number of hydrogen-bond donors (Lipinski definition) is 2. The van der Waals surface area contributed by atoms with Gasteiger partial charge in [-0.2, -0.15) is 0 Å². The highest BCUT2D eigenvalue weighted by Gasteiger charge is 2.08. The first-order valence-corrected chi connectivity index (χ1v) is 27.1. The fourth-order valence-corrected chi connectivity index (χ4v) is 17.3. The van der Waals surface area contributed by atoms with Crippen LogP contribution in [0.15, 0.2) is 0 Å². The molecule has 2 N–H and O–H groups in total. The van der Waals surface area contributed by atoms with Crippen LogP contribution >= 0.6 is 141 Å². The van der Waals surface area contributed by atoms with E-state index < -0.39 is 11.2 Å². The maximum Gasteiger partial charge on any atom is 0.199 e. The molecule has 0 saturated carbocycles. The Morgan fingerprint density at radius 2 is 0.927 bits per heavy atom. The van der Waals surface area contributed by atoms with Gasteiger partial charge in [0.05, 0.1) is 17.3 Å². The minimum absolute atomic E-state index is 0.127. The molecule has 0 spiro atoms. The highest BCUT2D eigenvalue weighted by molar-refractivity contribution is 8.30. The Morgan fingerprint density at radius 1 is 0.512 bits per heavy atom. The van der Waals surface area contributed by atoms with Crippen LogP contribution in [0.2, 0.25) is 0 Å². The Labute approximate surface area is 300 Å². The van der Waals surface area contributed by atoms with Gasteiger partial charge in [0, 0.05) is 66.1 Å². The fourth-order valence-electron chi connectivity index (χ4n) is 1.99. The van der Waals surface area contributed by atoms with E-state index in [9.17, 15) is 18.9 Å². The first-order valence-electron chi connectivity index (χ1n) is 12.2. The summed E-state index contributed by atoms with van der Waals surface area (Å²) in [5.74, 6) is 4.49. The molecule has 0 aromatic carbocycles. The van der Waals surface area contributed by atoms with E-state index in [4.69, 9.17) is 10.2 Å². The lowest BCUT2D eigenvalue weighted by molar-refractivity contribution is -0.109. The summed E-state index contributed by atoms with van der Waals surface area (Å²) < 4.78 is 12.1. The van der Waals surface area contributed by atoms with Crippen molar-refractivity contribution in [1.29, 1.82) is 0 Å². The maximum absolute atomic E-state index is 12.1. The highest BCUT2D eigenvalue weighted by Crippen LogP contribution is 2.25. The Kier molecular flexibility index (Phi) is 39.3. The number of aliphatic hydroxyl groups is 2. The molecule has 0 heterocycles. The van der Waals surface area contributed by atoms with Crippen molar-refractivity contribution in [2.24, 2.45) is 0 Å². The Balaban J connectivity index is 3.34. The van der Waals surface area contributed by atoms with Crippen LogP contribution in [0.5, 0.6) is 0 Å². The topological polar surface area (TPSA) is 115 Å². The second-order valence-electron chi connectivity index (χ2n) is 7.17. The molecule has 0 rings (SSSR count). The first-order chi connectivity index (χ1) is 20.0. The first kappa shape index (κ1) is 44.4. The molecule has 1 atom stereocenters. The number of carbonyl (C=O) groups is 3. The third-order valence-electron chi connectivity index (χ3n) is 3.76. The molecule has 19 heteroatoms. The van der Waals surface area contributed by atoms with E-state index >= 15 is 0 Å². The SMILES string of the molecule is O=C(CSCSCSCC[S+]([O-])CSCSCSCSC(=O)CSCSCSCC(=O)SCCCO)SCCCO. The van der Waals surface area contributed by atoms with Gasteiger partial charge in [-0.05, 0) is 24.0 Å². The van der Waals surface area contributed by atoms with E-state index in [2.05, 4.69) is 0 Å². The molecule has 0 aliphatic carbocycles. The minimum atomic E-state index is -0.800. The molecule has 1 unspecified atom stereocenters. The standard InChI is InChI=1S/C22H40O6S13/c23-3-1-5-38-20(25)9-30-13-33-12-29-7-8-41(28)19-37-17-35-16-36-18-40-22(27)11-32-15-34-14-31-10-21(26)39-6-2-4-24/h23-24H,1-19H2. The van der Waals surface area contributed by atoms with Crippen LogP contribution < -0.4 is 0 Å². The summed E-state index contributed by atoms with van der Waals surface area (Å²) in [7, 11) is 0. The number of hydrogen-bond acceptors (Lipinski definition) is 18. The Bertz CT molecular complexity index is 639. The van der Waals surface area contributed by atoms with Gasteiger partial charge < -0.3 is 14.8 Å². The zero-order valence-corrected chi connectivity index (χ0v) is 33.4. The molecule has 0 bridgehead atoms. The fraction of sp³-hybridized carbons (Fsp3) is 0.864. The summed E-state index contributed by atoms with van der Waals surface area (Å²) in [5, 5.41) is 24.8. The van der Waals surface area contributed by atoms with Gasteiger partial charge in [-0.15, -0.1) is 94.1 Å². The number of thioether (sulfide) groups is 12. The van der Waals surface area contributed by atoms with Gasteiger partial charge in [0.1, 0.15) is 5.75 Å². The van der Waals surface area contributed by atoms with Crippen LogP contribution in [-0.4, -0.2) is 124 Å². The van der Waals surface area contributed by atoms with Crippen molar-refractivity contribution in [3.05, 3.63) is 0 Å². The summed E-state index contributed by atoms with van der Waals surface area (Å²) in [6, 6.07) is 0. The lowest BCUT2D eigenvalue weighted by Gasteiger charge is -2.10. The van der Waals surface area contributed by atoms with E-state index in [1.165, 1.54) is 35.3 Å². The molecule has 0 radical (unpaired) electrons. The molecule has 0 aromatic heterocycles. The van der Waals surface area contributed by atoms with Crippen molar-refractivity contribution >= 4 is 168 Å². The molecular formula is C22H40O6S13. The predicted molar refractivity (Wildman–Crippen MR) is 211 cm³/mol. The van der Waals surface area contributed by atoms with Crippen molar-refractivity contribution < 1.29 is 29.1 Å².